The molecule has 1 heterocycles. The van der Waals surface area contributed by atoms with Gasteiger partial charge in [-0.2, -0.15) is 0 Å². The Morgan fingerprint density at radius 3 is 2.81 bits per heavy atom. The van der Waals surface area contributed by atoms with Crippen LogP contribution in [0.2, 0.25) is 0 Å². The minimum absolute atomic E-state index is 0.0900. The van der Waals surface area contributed by atoms with Crippen LogP contribution in [0.15, 0.2) is 46.3 Å². The molecule has 6 nitrogen and oxygen atoms in total. The smallest absolute Gasteiger partial charge is 0.344 e. The predicted octanol–water partition coefficient (Wildman–Crippen LogP) is 2.87. The molecule has 0 N–H and O–H groups in total. The number of amidine groups is 1. The zero-order chi connectivity index (χ0) is 18.9. The third kappa shape index (κ3) is 5.13. The Bertz CT molecular complexity index is 702. The molecule has 1 atom stereocenters. The van der Waals surface area contributed by atoms with Crippen LogP contribution in [-0.2, 0) is 19.1 Å². The lowest BCUT2D eigenvalue weighted by Gasteiger charge is -2.15. The van der Waals surface area contributed by atoms with Crippen molar-refractivity contribution in [3.05, 3.63) is 41.3 Å². The third-order valence-electron chi connectivity index (χ3n) is 3.77. The first-order valence-electron chi connectivity index (χ1n) is 8.73. The highest BCUT2D eigenvalue weighted by atomic mass is 32.2. The van der Waals surface area contributed by atoms with E-state index in [0.717, 1.165) is 10.7 Å². The summed E-state index contributed by atoms with van der Waals surface area (Å²) < 4.78 is 10.2. The molecule has 1 fully saturated rings. The molecule has 1 aliphatic heterocycles. The van der Waals surface area contributed by atoms with Gasteiger partial charge in [0.2, 0.25) is 0 Å². The minimum atomic E-state index is -0.381. The van der Waals surface area contributed by atoms with Gasteiger partial charge in [-0.1, -0.05) is 23.9 Å². The zero-order valence-corrected chi connectivity index (χ0v) is 16.2. The minimum Gasteiger partial charge on any atom is -0.482 e. The Labute approximate surface area is 158 Å². The predicted molar refractivity (Wildman–Crippen MR) is 103 cm³/mol. The Kier molecular flexibility index (Phi) is 7.75. The molecule has 0 spiro atoms. The van der Waals surface area contributed by atoms with Crippen molar-refractivity contribution < 1.29 is 19.1 Å². The highest BCUT2D eigenvalue weighted by molar-refractivity contribution is 8.15. The average Bonchev–Trinajstić information content (AvgIpc) is 2.97. The number of aliphatic imine (C=N–C) groups is 1. The van der Waals surface area contributed by atoms with Gasteiger partial charge in [-0.25, -0.2) is 9.59 Å². The first-order valence-corrected chi connectivity index (χ1v) is 9.61. The fourth-order valence-electron chi connectivity index (χ4n) is 2.59. The maximum atomic E-state index is 11.4. The van der Waals surface area contributed by atoms with Crippen LogP contribution >= 0.6 is 11.8 Å². The highest BCUT2D eigenvalue weighted by Crippen LogP contribution is 2.35. The number of ether oxygens (including phenoxy) is 2. The van der Waals surface area contributed by atoms with Gasteiger partial charge in [0.1, 0.15) is 17.4 Å². The molecule has 2 aliphatic rings. The van der Waals surface area contributed by atoms with Crippen molar-refractivity contribution >= 4 is 28.8 Å². The van der Waals surface area contributed by atoms with E-state index in [9.17, 15) is 9.59 Å². The molecule has 0 aromatic heterocycles. The van der Waals surface area contributed by atoms with Gasteiger partial charge in [0.15, 0.2) is 11.8 Å². The number of nitrogens with zero attached hydrogens (tertiary/aromatic N) is 2. The summed E-state index contributed by atoms with van der Waals surface area (Å²) in [5, 5.41) is 0.775. The van der Waals surface area contributed by atoms with Gasteiger partial charge in [0.25, 0.3) is 0 Å². The summed E-state index contributed by atoms with van der Waals surface area (Å²) in [4.78, 5) is 29.1. The summed E-state index contributed by atoms with van der Waals surface area (Å²) in [5.74, 6) is 2.34. The van der Waals surface area contributed by atoms with Crippen molar-refractivity contribution in [2.75, 3.05) is 26.3 Å². The van der Waals surface area contributed by atoms with Crippen LogP contribution in [0.4, 0.5) is 0 Å². The first-order chi connectivity index (χ1) is 12.6. The summed E-state index contributed by atoms with van der Waals surface area (Å²) in [7, 11) is 0. The first kappa shape index (κ1) is 20.1. The summed E-state index contributed by atoms with van der Waals surface area (Å²) >= 11 is 1.57. The Morgan fingerprint density at radius 1 is 1.42 bits per heavy atom. The number of esters is 1. The number of carbonyl (C=O) groups excluding carboxylic acids is 2. The van der Waals surface area contributed by atoms with E-state index >= 15 is 0 Å². The van der Waals surface area contributed by atoms with Gasteiger partial charge in [-0.15, -0.1) is 0 Å². The van der Waals surface area contributed by atoms with Crippen molar-refractivity contribution in [3.8, 4) is 0 Å². The molecule has 26 heavy (non-hydrogen) atoms. The van der Waals surface area contributed by atoms with E-state index in [1.165, 1.54) is 0 Å². The van der Waals surface area contributed by atoms with Crippen LogP contribution in [0, 0.1) is 0 Å². The number of carbonyl (C=O) groups is 1. The van der Waals surface area contributed by atoms with Crippen LogP contribution in [0.1, 0.15) is 27.2 Å². The highest BCUT2D eigenvalue weighted by Gasteiger charge is 2.33. The third-order valence-corrected chi connectivity index (χ3v) is 4.94. The van der Waals surface area contributed by atoms with E-state index < -0.39 is 0 Å². The van der Waals surface area contributed by atoms with Gasteiger partial charge in [0.05, 0.1) is 11.9 Å². The van der Waals surface area contributed by atoms with E-state index in [2.05, 4.69) is 17.0 Å². The molecule has 140 valence electrons. The molecule has 7 heteroatoms. The zero-order valence-electron chi connectivity index (χ0n) is 15.4. The van der Waals surface area contributed by atoms with Crippen molar-refractivity contribution in [2.24, 2.45) is 4.99 Å². The molecular formula is C19H24N2O4S. The molecule has 1 saturated heterocycles. The van der Waals surface area contributed by atoms with Crippen molar-refractivity contribution in [3.63, 3.8) is 0 Å². The SMILES string of the molecule is CCN=C1SC(C=C2C=CC(OCC(=O)OCC)=CC2)C(=C=O)N1CC. The molecule has 0 amide bonds. The molecular weight excluding hydrogens is 352 g/mol. The van der Waals surface area contributed by atoms with Gasteiger partial charge in [-0.05, 0) is 44.9 Å². The lowest BCUT2D eigenvalue weighted by Crippen LogP contribution is -2.24. The maximum absolute atomic E-state index is 11.4. The van der Waals surface area contributed by atoms with Crippen LogP contribution in [0.25, 0.3) is 0 Å². The second-order valence-electron chi connectivity index (χ2n) is 5.51. The summed E-state index contributed by atoms with van der Waals surface area (Å²) in [5.41, 5.74) is 1.69. The number of hydrogen-bond acceptors (Lipinski definition) is 6. The van der Waals surface area contributed by atoms with E-state index in [4.69, 9.17) is 9.47 Å². The molecule has 0 saturated carbocycles. The second-order valence-corrected chi connectivity index (χ2v) is 6.61. The Balaban J connectivity index is 2.01. The van der Waals surface area contributed by atoms with E-state index in [1.807, 2.05) is 37.0 Å². The lowest BCUT2D eigenvalue weighted by atomic mass is 10.0. The molecule has 1 aliphatic carbocycles. The molecule has 1 unspecified atom stereocenters. The van der Waals surface area contributed by atoms with E-state index in [1.54, 1.807) is 18.7 Å². The molecule has 0 aromatic rings. The summed E-state index contributed by atoms with van der Waals surface area (Å²) in [6.45, 7) is 7.35. The van der Waals surface area contributed by atoms with Gasteiger partial charge in [-0.3, -0.25) is 4.99 Å². The summed E-state index contributed by atoms with van der Waals surface area (Å²) in [6.07, 6.45) is 8.39. The number of hydrogen-bond donors (Lipinski definition) is 0. The second kappa shape index (κ2) is 10.0. The van der Waals surface area contributed by atoms with Crippen LogP contribution in [0.3, 0.4) is 0 Å². The summed E-state index contributed by atoms with van der Waals surface area (Å²) in [6, 6.07) is 0. The topological polar surface area (TPSA) is 68.2 Å². The average molecular weight is 376 g/mol. The number of rotatable bonds is 7. The Morgan fingerprint density at radius 2 is 2.23 bits per heavy atom. The van der Waals surface area contributed by atoms with E-state index in [0.29, 0.717) is 37.6 Å². The molecule has 0 radical (unpaired) electrons. The fourth-order valence-corrected chi connectivity index (χ4v) is 3.91. The fraction of sp³-hybridized carbons (Fsp3) is 0.474. The monoisotopic (exact) mass is 376 g/mol. The Hall–Kier alpha value is -2.24. The van der Waals surface area contributed by atoms with E-state index in [-0.39, 0.29) is 17.8 Å². The van der Waals surface area contributed by atoms with Crippen molar-refractivity contribution in [1.29, 1.82) is 0 Å². The standard InChI is InChI=1S/C19H24N2O4S/c1-4-20-19-21(5-2)16(12-22)17(26-19)11-14-7-9-15(10-8-14)25-13-18(23)24-6-3/h7,9-11,17H,4-6,8,13H2,1-3H3. The maximum Gasteiger partial charge on any atom is 0.344 e. The number of allylic oxidation sites excluding steroid dienone is 4. The number of thioether (sulfide) groups is 1. The van der Waals surface area contributed by atoms with Crippen LogP contribution < -0.4 is 0 Å². The largest absolute Gasteiger partial charge is 0.482 e. The van der Waals surface area contributed by atoms with Crippen molar-refractivity contribution in [1.82, 2.24) is 4.90 Å². The lowest BCUT2D eigenvalue weighted by molar-refractivity contribution is -0.146. The quantitative estimate of drug-likeness (QED) is 0.503. The normalized spacial score (nSPS) is 22.6. The van der Waals surface area contributed by atoms with Gasteiger partial charge in [0, 0.05) is 13.1 Å². The van der Waals surface area contributed by atoms with Gasteiger partial charge >= 0.3 is 5.97 Å². The van der Waals surface area contributed by atoms with Crippen molar-refractivity contribution in [2.45, 2.75) is 32.4 Å². The molecule has 2 rings (SSSR count). The van der Waals surface area contributed by atoms with Gasteiger partial charge < -0.3 is 14.4 Å². The van der Waals surface area contributed by atoms with Crippen LogP contribution in [-0.4, -0.2) is 53.5 Å². The molecule has 0 aromatic carbocycles. The molecule has 0 bridgehead atoms. The van der Waals surface area contributed by atoms with Crippen LogP contribution in [0.5, 0.6) is 0 Å².